The first-order valence-electron chi connectivity index (χ1n) is 8.11. The van der Waals surface area contributed by atoms with Crippen molar-refractivity contribution in [2.45, 2.75) is 27.2 Å². The van der Waals surface area contributed by atoms with Crippen LogP contribution in [-0.2, 0) is 14.4 Å². The third kappa shape index (κ3) is 5.66. The van der Waals surface area contributed by atoms with Crippen molar-refractivity contribution in [1.29, 1.82) is 0 Å². The molecule has 0 heterocycles. The Bertz CT molecular complexity index is 585. The molecule has 3 amide bonds. The molecule has 0 fully saturated rings. The van der Waals surface area contributed by atoms with Crippen LogP contribution in [0, 0.1) is 0 Å². The fourth-order valence-electron chi connectivity index (χ4n) is 2.33. The van der Waals surface area contributed by atoms with E-state index in [-0.39, 0.29) is 5.69 Å². The molecular weight excluding hydrogens is 308 g/mol. The molecule has 0 radical (unpaired) electrons. The molecule has 1 rings (SSSR count). The van der Waals surface area contributed by atoms with E-state index in [2.05, 4.69) is 24.1 Å². The number of hydrogen-bond donors (Lipinski definition) is 2. The Morgan fingerprint density at radius 2 is 1.83 bits per heavy atom. The summed E-state index contributed by atoms with van der Waals surface area (Å²) >= 11 is 0. The Morgan fingerprint density at radius 1 is 1.17 bits per heavy atom. The summed E-state index contributed by atoms with van der Waals surface area (Å²) in [6.45, 7) is 8.48. The number of carbonyl (C=O) groups excluding carboxylic acids is 3. The quantitative estimate of drug-likeness (QED) is 0.440. The smallest absolute Gasteiger partial charge is 0.323 e. The highest BCUT2D eigenvalue weighted by atomic mass is 16.2. The zero-order chi connectivity index (χ0) is 18.1. The van der Waals surface area contributed by atoms with Crippen molar-refractivity contribution in [2.24, 2.45) is 0 Å². The van der Waals surface area contributed by atoms with Crippen LogP contribution in [0.4, 0.5) is 11.4 Å². The van der Waals surface area contributed by atoms with Gasteiger partial charge in [-0.15, -0.1) is 0 Å². The van der Waals surface area contributed by atoms with Crippen LogP contribution in [0.1, 0.15) is 27.2 Å². The molecule has 0 aliphatic carbocycles. The molecule has 0 spiro atoms. The van der Waals surface area contributed by atoms with Crippen molar-refractivity contribution in [2.75, 3.05) is 36.8 Å². The zero-order valence-corrected chi connectivity index (χ0v) is 14.5. The van der Waals surface area contributed by atoms with Gasteiger partial charge in [-0.05, 0) is 44.3 Å². The molecule has 1 aromatic rings. The van der Waals surface area contributed by atoms with Gasteiger partial charge in [-0.25, -0.2) is 4.90 Å². The van der Waals surface area contributed by atoms with Crippen molar-refractivity contribution in [3.05, 3.63) is 24.3 Å². The molecule has 7 heteroatoms. The minimum absolute atomic E-state index is 0.283. The van der Waals surface area contributed by atoms with E-state index in [1.807, 2.05) is 0 Å². The SMILES string of the molecule is CCN(CC)CCCNC(=O)C(=O)N(C(C)=O)c1cccc(N)c1. The fourth-order valence-corrected chi connectivity index (χ4v) is 2.33. The lowest BCUT2D eigenvalue weighted by molar-refractivity contribution is -0.139. The predicted octanol–water partition coefficient (Wildman–Crippen LogP) is 0.996. The summed E-state index contributed by atoms with van der Waals surface area (Å²) < 4.78 is 0. The molecule has 1 aromatic carbocycles. The number of imide groups is 1. The van der Waals surface area contributed by atoms with Crippen molar-refractivity contribution >= 4 is 29.1 Å². The number of rotatable bonds is 7. The standard InChI is InChI=1S/C17H26N4O3/c1-4-20(5-2)11-7-10-19-16(23)17(24)21(13(3)22)15-9-6-8-14(18)12-15/h6,8-9,12H,4-5,7,10-11,18H2,1-3H3,(H,19,23). The average molecular weight is 334 g/mol. The summed E-state index contributed by atoms with van der Waals surface area (Å²) in [6, 6.07) is 6.30. The first-order valence-corrected chi connectivity index (χ1v) is 8.11. The van der Waals surface area contributed by atoms with Gasteiger partial charge in [0.15, 0.2) is 0 Å². The molecule has 0 bridgehead atoms. The Balaban J connectivity index is 2.64. The second-order valence-corrected chi connectivity index (χ2v) is 5.39. The fraction of sp³-hybridized carbons (Fsp3) is 0.471. The van der Waals surface area contributed by atoms with E-state index in [0.717, 1.165) is 31.0 Å². The molecule has 0 aliphatic rings. The molecule has 0 saturated carbocycles. The van der Waals surface area contributed by atoms with Crippen molar-refractivity contribution < 1.29 is 14.4 Å². The number of anilines is 2. The van der Waals surface area contributed by atoms with E-state index in [1.54, 1.807) is 18.2 Å². The number of nitrogens with two attached hydrogens (primary N) is 1. The van der Waals surface area contributed by atoms with Crippen molar-refractivity contribution in [1.82, 2.24) is 10.2 Å². The first-order chi connectivity index (χ1) is 11.4. The van der Waals surface area contributed by atoms with Crippen molar-refractivity contribution in [3.8, 4) is 0 Å². The Hall–Kier alpha value is -2.41. The largest absolute Gasteiger partial charge is 0.399 e. The van der Waals surface area contributed by atoms with Gasteiger partial charge in [0, 0.05) is 19.2 Å². The maximum atomic E-state index is 12.3. The highest BCUT2D eigenvalue weighted by Crippen LogP contribution is 2.18. The van der Waals surface area contributed by atoms with E-state index in [9.17, 15) is 14.4 Å². The topological polar surface area (TPSA) is 95.7 Å². The molecule has 0 aliphatic heterocycles. The normalized spacial score (nSPS) is 10.5. The monoisotopic (exact) mass is 334 g/mol. The van der Waals surface area contributed by atoms with Gasteiger partial charge in [0.05, 0.1) is 5.69 Å². The molecule has 0 aromatic heterocycles. The summed E-state index contributed by atoms with van der Waals surface area (Å²) in [5.74, 6) is -2.24. The van der Waals surface area contributed by atoms with Gasteiger partial charge in [0.2, 0.25) is 5.91 Å². The predicted molar refractivity (Wildman–Crippen MR) is 94.4 cm³/mol. The van der Waals surface area contributed by atoms with Crippen molar-refractivity contribution in [3.63, 3.8) is 0 Å². The molecular formula is C17H26N4O3. The molecule has 7 nitrogen and oxygen atoms in total. The third-order valence-electron chi connectivity index (χ3n) is 3.67. The van der Waals surface area contributed by atoms with Crippen LogP contribution in [0.3, 0.4) is 0 Å². The van der Waals surface area contributed by atoms with Crippen LogP contribution in [0.25, 0.3) is 0 Å². The molecule has 0 unspecified atom stereocenters. The van der Waals surface area contributed by atoms with Gasteiger partial charge in [-0.3, -0.25) is 14.4 Å². The van der Waals surface area contributed by atoms with Crippen LogP contribution in [0.15, 0.2) is 24.3 Å². The molecule has 0 saturated heterocycles. The van der Waals surface area contributed by atoms with Crippen LogP contribution in [0.5, 0.6) is 0 Å². The van der Waals surface area contributed by atoms with Crippen LogP contribution < -0.4 is 16.0 Å². The van der Waals surface area contributed by atoms with Crippen LogP contribution in [-0.4, -0.2) is 48.8 Å². The van der Waals surface area contributed by atoms with E-state index in [1.165, 1.54) is 13.0 Å². The number of nitrogens with zero attached hydrogens (tertiary/aromatic N) is 2. The van der Waals surface area contributed by atoms with Crippen LogP contribution >= 0.6 is 0 Å². The number of nitrogens with one attached hydrogen (secondary N) is 1. The summed E-state index contributed by atoms with van der Waals surface area (Å²) in [6.07, 6.45) is 0.735. The van der Waals surface area contributed by atoms with Gasteiger partial charge in [-0.1, -0.05) is 19.9 Å². The van der Waals surface area contributed by atoms with E-state index >= 15 is 0 Å². The molecule has 132 valence electrons. The first kappa shape index (κ1) is 19.6. The summed E-state index contributed by atoms with van der Waals surface area (Å²) in [5, 5.41) is 2.57. The van der Waals surface area contributed by atoms with Gasteiger partial charge in [-0.2, -0.15) is 0 Å². The van der Waals surface area contributed by atoms with Gasteiger partial charge in [0.1, 0.15) is 0 Å². The molecule has 3 N–H and O–H groups in total. The molecule has 24 heavy (non-hydrogen) atoms. The summed E-state index contributed by atoms with van der Waals surface area (Å²) in [4.78, 5) is 39.1. The second kappa shape index (κ2) is 9.67. The third-order valence-corrected chi connectivity index (χ3v) is 3.67. The van der Waals surface area contributed by atoms with Gasteiger partial charge < -0.3 is 16.0 Å². The average Bonchev–Trinajstić information content (AvgIpc) is 2.54. The van der Waals surface area contributed by atoms with Gasteiger partial charge >= 0.3 is 11.8 Å². The Labute approximate surface area is 142 Å². The maximum Gasteiger partial charge on any atom is 0.323 e. The maximum absolute atomic E-state index is 12.3. The van der Waals surface area contributed by atoms with E-state index in [4.69, 9.17) is 5.73 Å². The Morgan fingerprint density at radius 3 is 2.38 bits per heavy atom. The lowest BCUT2D eigenvalue weighted by atomic mass is 10.2. The highest BCUT2D eigenvalue weighted by molar-refractivity contribution is 6.45. The van der Waals surface area contributed by atoms with Gasteiger partial charge in [0.25, 0.3) is 0 Å². The summed E-state index contributed by atoms with van der Waals surface area (Å²) in [7, 11) is 0. The van der Waals surface area contributed by atoms with Crippen LogP contribution in [0.2, 0.25) is 0 Å². The van der Waals surface area contributed by atoms with E-state index < -0.39 is 17.7 Å². The number of amides is 3. The molecule has 0 atom stereocenters. The Kier molecular flexibility index (Phi) is 7.91. The minimum Gasteiger partial charge on any atom is -0.399 e. The van der Waals surface area contributed by atoms with E-state index in [0.29, 0.717) is 12.2 Å². The summed E-state index contributed by atoms with van der Waals surface area (Å²) in [5.41, 5.74) is 6.36. The number of nitrogen functional groups attached to an aromatic ring is 1. The number of benzene rings is 1. The minimum atomic E-state index is -0.907. The lowest BCUT2D eigenvalue weighted by Gasteiger charge is -2.20. The lowest BCUT2D eigenvalue weighted by Crippen LogP contribution is -2.46. The number of carbonyl (C=O) groups is 3. The second-order valence-electron chi connectivity index (χ2n) is 5.39. The highest BCUT2D eigenvalue weighted by Gasteiger charge is 2.26. The zero-order valence-electron chi connectivity index (χ0n) is 14.5. The number of hydrogen-bond acceptors (Lipinski definition) is 5.